The molecule has 6 heteroatoms. The molecule has 1 fully saturated rings. The lowest BCUT2D eigenvalue weighted by atomic mass is 10.0. The Balaban J connectivity index is 2.11. The number of nitrogens with zero attached hydrogens (tertiary/aromatic N) is 1. The van der Waals surface area contributed by atoms with Gasteiger partial charge in [0.05, 0.1) is 12.8 Å². The quantitative estimate of drug-likeness (QED) is 0.860. The van der Waals surface area contributed by atoms with Crippen LogP contribution in [0.15, 0.2) is 10.8 Å². The van der Waals surface area contributed by atoms with Crippen molar-refractivity contribution in [3.8, 4) is 5.75 Å². The molecule has 0 aromatic carbocycles. The molecule has 0 aliphatic carbocycles. The Morgan fingerprint density at radius 1 is 1.58 bits per heavy atom. The minimum atomic E-state index is -0.998. The fraction of sp³-hybridized carbons (Fsp3) is 0.538. The average molecular weight is 330 g/mol. The molecule has 1 aromatic rings. The van der Waals surface area contributed by atoms with Gasteiger partial charge >= 0.3 is 5.97 Å². The standard InChI is InChI=1S/C13H16BrNO4/c1-8-11(13(16)17)10(6-15-12(8)14)19-7-9-2-4-18-5-3-9/h6,9H,2-5,7H2,1H3,(H,16,17). The lowest BCUT2D eigenvalue weighted by Crippen LogP contribution is -2.22. The molecule has 2 heterocycles. The first-order chi connectivity index (χ1) is 9.09. The summed E-state index contributed by atoms with van der Waals surface area (Å²) >= 11 is 3.23. The summed E-state index contributed by atoms with van der Waals surface area (Å²) < 4.78 is 11.5. The first-order valence-electron chi connectivity index (χ1n) is 6.18. The number of hydrogen-bond donors (Lipinski definition) is 1. The van der Waals surface area contributed by atoms with Crippen LogP contribution in [-0.2, 0) is 4.74 Å². The van der Waals surface area contributed by atoms with Crippen LogP contribution in [0.3, 0.4) is 0 Å². The molecule has 1 aromatic heterocycles. The third-order valence-corrected chi connectivity index (χ3v) is 4.05. The van der Waals surface area contributed by atoms with Gasteiger partial charge in [-0.3, -0.25) is 0 Å². The molecule has 0 bridgehead atoms. The second kappa shape index (κ2) is 6.34. The molecule has 0 spiro atoms. The fourth-order valence-electron chi connectivity index (χ4n) is 2.06. The van der Waals surface area contributed by atoms with E-state index in [0.717, 1.165) is 26.1 Å². The largest absolute Gasteiger partial charge is 0.491 e. The zero-order chi connectivity index (χ0) is 13.8. The molecule has 2 rings (SSSR count). The molecule has 1 aliphatic heterocycles. The Morgan fingerprint density at radius 3 is 2.89 bits per heavy atom. The van der Waals surface area contributed by atoms with E-state index in [1.54, 1.807) is 6.92 Å². The number of aromatic carboxylic acids is 1. The predicted octanol–water partition coefficient (Wildman–Crippen LogP) is 2.66. The summed E-state index contributed by atoms with van der Waals surface area (Å²) in [6, 6.07) is 0. The van der Waals surface area contributed by atoms with Gasteiger partial charge in [0.1, 0.15) is 10.2 Å². The van der Waals surface area contributed by atoms with Crippen molar-refractivity contribution in [3.05, 3.63) is 21.9 Å². The molecule has 0 saturated carbocycles. The molecule has 1 aliphatic rings. The Labute approximate surface area is 120 Å². The summed E-state index contributed by atoms with van der Waals surface area (Å²) in [6.45, 7) is 3.71. The van der Waals surface area contributed by atoms with Gasteiger partial charge in [-0.05, 0) is 41.6 Å². The van der Waals surface area contributed by atoms with E-state index in [2.05, 4.69) is 20.9 Å². The first-order valence-corrected chi connectivity index (χ1v) is 6.98. The van der Waals surface area contributed by atoms with Crippen LogP contribution in [0.1, 0.15) is 28.8 Å². The molecular weight excluding hydrogens is 314 g/mol. The Hall–Kier alpha value is -1.14. The van der Waals surface area contributed by atoms with Crippen LogP contribution in [0.2, 0.25) is 0 Å². The number of carboxylic acids is 1. The molecule has 0 atom stereocenters. The van der Waals surface area contributed by atoms with Gasteiger partial charge in [0.15, 0.2) is 5.75 Å². The SMILES string of the molecule is Cc1c(Br)ncc(OCC2CCOCC2)c1C(=O)O. The van der Waals surface area contributed by atoms with E-state index in [9.17, 15) is 9.90 Å². The molecule has 0 unspecified atom stereocenters. The number of hydrogen-bond acceptors (Lipinski definition) is 4. The van der Waals surface area contributed by atoms with Gasteiger partial charge in [0, 0.05) is 18.8 Å². The number of carbonyl (C=O) groups is 1. The van der Waals surface area contributed by atoms with Gasteiger partial charge in [-0.2, -0.15) is 0 Å². The molecule has 0 radical (unpaired) electrons. The van der Waals surface area contributed by atoms with E-state index < -0.39 is 5.97 Å². The van der Waals surface area contributed by atoms with Crippen LogP contribution >= 0.6 is 15.9 Å². The number of aromatic nitrogens is 1. The van der Waals surface area contributed by atoms with Crippen LogP contribution in [0.25, 0.3) is 0 Å². The van der Waals surface area contributed by atoms with Crippen molar-refractivity contribution in [1.82, 2.24) is 4.98 Å². The van der Waals surface area contributed by atoms with E-state index in [1.165, 1.54) is 6.20 Å². The molecular formula is C13H16BrNO4. The van der Waals surface area contributed by atoms with Gasteiger partial charge in [-0.1, -0.05) is 0 Å². The summed E-state index contributed by atoms with van der Waals surface area (Å²) in [5.74, 6) is -0.249. The van der Waals surface area contributed by atoms with E-state index in [4.69, 9.17) is 9.47 Å². The van der Waals surface area contributed by atoms with Crippen LogP contribution in [-0.4, -0.2) is 35.9 Å². The van der Waals surface area contributed by atoms with Crippen molar-refractivity contribution in [1.29, 1.82) is 0 Å². The normalized spacial score (nSPS) is 16.3. The third kappa shape index (κ3) is 3.45. The molecule has 1 saturated heterocycles. The monoisotopic (exact) mass is 329 g/mol. The number of halogens is 1. The van der Waals surface area contributed by atoms with Gasteiger partial charge < -0.3 is 14.6 Å². The van der Waals surface area contributed by atoms with Crippen molar-refractivity contribution >= 4 is 21.9 Å². The van der Waals surface area contributed by atoms with Crippen molar-refractivity contribution in [3.63, 3.8) is 0 Å². The van der Waals surface area contributed by atoms with E-state index in [0.29, 0.717) is 28.4 Å². The van der Waals surface area contributed by atoms with Crippen molar-refractivity contribution in [2.24, 2.45) is 5.92 Å². The summed E-state index contributed by atoms with van der Waals surface area (Å²) in [5, 5.41) is 9.26. The second-order valence-electron chi connectivity index (χ2n) is 4.59. The van der Waals surface area contributed by atoms with Crippen molar-refractivity contribution in [2.45, 2.75) is 19.8 Å². The zero-order valence-corrected chi connectivity index (χ0v) is 12.3. The lowest BCUT2D eigenvalue weighted by Gasteiger charge is -2.22. The summed E-state index contributed by atoms with van der Waals surface area (Å²) in [7, 11) is 0. The van der Waals surface area contributed by atoms with Crippen LogP contribution in [0.5, 0.6) is 5.75 Å². The fourth-order valence-corrected chi connectivity index (χ4v) is 2.36. The Morgan fingerprint density at radius 2 is 2.26 bits per heavy atom. The minimum absolute atomic E-state index is 0.175. The van der Waals surface area contributed by atoms with Gasteiger partial charge in [-0.25, -0.2) is 9.78 Å². The number of carboxylic acid groups (broad SMARTS) is 1. The highest BCUT2D eigenvalue weighted by atomic mass is 79.9. The highest BCUT2D eigenvalue weighted by Gasteiger charge is 2.20. The van der Waals surface area contributed by atoms with E-state index in [-0.39, 0.29) is 5.56 Å². The van der Waals surface area contributed by atoms with E-state index in [1.807, 2.05) is 0 Å². The lowest BCUT2D eigenvalue weighted by molar-refractivity contribution is 0.0489. The topological polar surface area (TPSA) is 68.7 Å². The maximum atomic E-state index is 11.3. The van der Waals surface area contributed by atoms with Gasteiger partial charge in [-0.15, -0.1) is 0 Å². The van der Waals surface area contributed by atoms with Crippen LogP contribution in [0, 0.1) is 12.8 Å². The Kier molecular flexibility index (Phi) is 4.76. The van der Waals surface area contributed by atoms with Crippen molar-refractivity contribution < 1.29 is 19.4 Å². The highest BCUT2D eigenvalue weighted by Crippen LogP contribution is 2.27. The molecule has 104 valence electrons. The number of rotatable bonds is 4. The maximum absolute atomic E-state index is 11.3. The smallest absolute Gasteiger partial charge is 0.339 e. The second-order valence-corrected chi connectivity index (χ2v) is 5.34. The van der Waals surface area contributed by atoms with Crippen LogP contribution < -0.4 is 4.74 Å². The maximum Gasteiger partial charge on any atom is 0.339 e. The number of ether oxygens (including phenoxy) is 2. The molecule has 5 nitrogen and oxygen atoms in total. The molecule has 0 amide bonds. The molecule has 19 heavy (non-hydrogen) atoms. The summed E-state index contributed by atoms with van der Waals surface area (Å²) in [4.78, 5) is 15.4. The van der Waals surface area contributed by atoms with Crippen molar-refractivity contribution in [2.75, 3.05) is 19.8 Å². The van der Waals surface area contributed by atoms with E-state index >= 15 is 0 Å². The van der Waals surface area contributed by atoms with Gasteiger partial charge in [0.2, 0.25) is 0 Å². The third-order valence-electron chi connectivity index (χ3n) is 3.26. The molecule has 1 N–H and O–H groups in total. The highest BCUT2D eigenvalue weighted by molar-refractivity contribution is 9.10. The number of pyridine rings is 1. The predicted molar refractivity (Wildman–Crippen MR) is 72.7 cm³/mol. The Bertz CT molecular complexity index is 472. The average Bonchev–Trinajstić information content (AvgIpc) is 2.41. The van der Waals surface area contributed by atoms with Crippen LogP contribution in [0.4, 0.5) is 0 Å². The summed E-state index contributed by atoms with van der Waals surface area (Å²) in [5.41, 5.74) is 0.755. The summed E-state index contributed by atoms with van der Waals surface area (Å²) in [6.07, 6.45) is 3.36. The first kappa shape index (κ1) is 14.3. The minimum Gasteiger partial charge on any atom is -0.491 e. The van der Waals surface area contributed by atoms with Gasteiger partial charge in [0.25, 0.3) is 0 Å². The zero-order valence-electron chi connectivity index (χ0n) is 10.7.